The van der Waals surface area contributed by atoms with E-state index in [1.54, 1.807) is 11.8 Å². The molecule has 5 heteroatoms. The number of aryl methyl sites for hydroxylation is 1. The smallest absolute Gasteiger partial charge is 0.259 e. The maximum absolute atomic E-state index is 11.9. The zero-order valence-corrected chi connectivity index (χ0v) is 9.19. The first kappa shape index (κ1) is 10.9. The van der Waals surface area contributed by atoms with Gasteiger partial charge in [0.15, 0.2) is 5.43 Å². The molecule has 1 amide bonds. The molecule has 16 heavy (non-hydrogen) atoms. The Labute approximate surface area is 93.3 Å². The molecule has 2 rings (SSSR count). The molecule has 0 aromatic carbocycles. The third kappa shape index (κ3) is 1.86. The van der Waals surface area contributed by atoms with Crippen LogP contribution in [-0.2, 0) is 0 Å². The van der Waals surface area contributed by atoms with Crippen LogP contribution in [0.15, 0.2) is 17.1 Å². The van der Waals surface area contributed by atoms with Crippen LogP contribution in [0.1, 0.15) is 16.1 Å². The Balaban J connectivity index is 2.13. The Morgan fingerprint density at radius 1 is 1.62 bits per heavy atom. The third-order valence-electron chi connectivity index (χ3n) is 2.87. The SMILES string of the molecule is Cc1cc(=O)c(C(=O)N2CC(CN)C2)c[nH]1. The number of amides is 1. The van der Waals surface area contributed by atoms with Gasteiger partial charge in [-0.15, -0.1) is 0 Å². The monoisotopic (exact) mass is 221 g/mol. The summed E-state index contributed by atoms with van der Waals surface area (Å²) in [7, 11) is 0. The Morgan fingerprint density at radius 2 is 2.31 bits per heavy atom. The highest BCUT2D eigenvalue weighted by Crippen LogP contribution is 2.15. The first-order valence-corrected chi connectivity index (χ1v) is 5.30. The fourth-order valence-corrected chi connectivity index (χ4v) is 1.80. The van der Waals surface area contributed by atoms with E-state index < -0.39 is 0 Å². The molecule has 2 heterocycles. The molecule has 3 N–H and O–H groups in total. The highest BCUT2D eigenvalue weighted by Gasteiger charge is 2.30. The molecule has 1 aliphatic heterocycles. The second kappa shape index (κ2) is 4.09. The maximum Gasteiger partial charge on any atom is 0.259 e. The van der Waals surface area contributed by atoms with E-state index in [2.05, 4.69) is 4.98 Å². The number of carbonyl (C=O) groups is 1. The number of rotatable bonds is 2. The van der Waals surface area contributed by atoms with Crippen molar-refractivity contribution in [2.24, 2.45) is 11.7 Å². The number of likely N-dealkylation sites (tertiary alicyclic amines) is 1. The lowest BCUT2D eigenvalue weighted by molar-refractivity contribution is 0.0513. The molecule has 0 saturated carbocycles. The zero-order chi connectivity index (χ0) is 11.7. The Morgan fingerprint density at radius 3 is 2.88 bits per heavy atom. The predicted molar refractivity (Wildman–Crippen MR) is 60.2 cm³/mol. The van der Waals surface area contributed by atoms with Gasteiger partial charge in [-0.25, -0.2) is 0 Å². The molecule has 0 bridgehead atoms. The molecule has 1 aromatic rings. The topological polar surface area (TPSA) is 79.2 Å². The number of nitrogens with two attached hydrogens (primary N) is 1. The lowest BCUT2D eigenvalue weighted by atomic mass is 9.99. The van der Waals surface area contributed by atoms with Gasteiger partial charge in [-0.1, -0.05) is 0 Å². The lowest BCUT2D eigenvalue weighted by Crippen LogP contribution is -2.53. The minimum absolute atomic E-state index is 0.203. The molecular weight excluding hydrogens is 206 g/mol. The van der Waals surface area contributed by atoms with Gasteiger partial charge in [0, 0.05) is 37.0 Å². The van der Waals surface area contributed by atoms with Crippen LogP contribution in [0.25, 0.3) is 0 Å². The average Bonchev–Trinajstić information content (AvgIpc) is 2.15. The van der Waals surface area contributed by atoms with Crippen molar-refractivity contribution in [3.8, 4) is 0 Å². The van der Waals surface area contributed by atoms with E-state index in [9.17, 15) is 9.59 Å². The largest absolute Gasteiger partial charge is 0.364 e. The molecule has 0 aliphatic carbocycles. The number of nitrogens with zero attached hydrogens (tertiary/aromatic N) is 1. The molecule has 0 radical (unpaired) electrons. The molecular formula is C11H15N3O2. The van der Waals surface area contributed by atoms with Crippen LogP contribution in [0.5, 0.6) is 0 Å². The first-order chi connectivity index (χ1) is 7.61. The first-order valence-electron chi connectivity index (χ1n) is 5.30. The molecule has 1 aliphatic rings. The van der Waals surface area contributed by atoms with Crippen LogP contribution >= 0.6 is 0 Å². The van der Waals surface area contributed by atoms with E-state index in [4.69, 9.17) is 5.73 Å². The summed E-state index contributed by atoms with van der Waals surface area (Å²) >= 11 is 0. The van der Waals surface area contributed by atoms with Crippen molar-refractivity contribution < 1.29 is 4.79 Å². The Kier molecular flexibility index (Phi) is 2.78. The number of carbonyl (C=O) groups excluding carboxylic acids is 1. The number of aromatic amines is 1. The van der Waals surface area contributed by atoms with Crippen molar-refractivity contribution in [3.05, 3.63) is 33.7 Å². The molecule has 0 spiro atoms. The van der Waals surface area contributed by atoms with E-state index in [-0.39, 0.29) is 16.9 Å². The molecule has 1 aromatic heterocycles. The molecule has 0 atom stereocenters. The number of pyridine rings is 1. The summed E-state index contributed by atoms with van der Waals surface area (Å²) in [6.07, 6.45) is 1.48. The molecule has 1 saturated heterocycles. The van der Waals surface area contributed by atoms with E-state index in [1.807, 2.05) is 0 Å². The minimum atomic E-state index is -0.225. The molecule has 5 nitrogen and oxygen atoms in total. The minimum Gasteiger partial charge on any atom is -0.364 e. The van der Waals surface area contributed by atoms with Gasteiger partial charge in [-0.2, -0.15) is 0 Å². The summed E-state index contributed by atoms with van der Waals surface area (Å²) in [6.45, 7) is 3.68. The summed E-state index contributed by atoms with van der Waals surface area (Å²) in [4.78, 5) is 28.0. The van der Waals surface area contributed by atoms with Gasteiger partial charge in [0.05, 0.1) is 0 Å². The van der Waals surface area contributed by atoms with E-state index in [0.717, 1.165) is 5.69 Å². The summed E-state index contributed by atoms with van der Waals surface area (Å²) in [5, 5.41) is 0. The van der Waals surface area contributed by atoms with Crippen molar-refractivity contribution >= 4 is 5.91 Å². The highest BCUT2D eigenvalue weighted by atomic mass is 16.2. The predicted octanol–water partition coefficient (Wildman–Crippen LogP) is -0.286. The second-order valence-corrected chi connectivity index (χ2v) is 4.21. The van der Waals surface area contributed by atoms with Crippen molar-refractivity contribution in [3.63, 3.8) is 0 Å². The van der Waals surface area contributed by atoms with Gasteiger partial charge in [0.1, 0.15) is 5.56 Å². The Bertz CT molecular complexity index is 461. The summed E-state index contributed by atoms with van der Waals surface area (Å²) in [6, 6.07) is 1.44. The van der Waals surface area contributed by atoms with Gasteiger partial charge >= 0.3 is 0 Å². The van der Waals surface area contributed by atoms with Crippen molar-refractivity contribution in [1.29, 1.82) is 0 Å². The fourth-order valence-electron chi connectivity index (χ4n) is 1.80. The number of aromatic nitrogens is 1. The van der Waals surface area contributed by atoms with Crippen molar-refractivity contribution in [2.75, 3.05) is 19.6 Å². The van der Waals surface area contributed by atoms with Crippen LogP contribution in [-0.4, -0.2) is 35.4 Å². The fraction of sp³-hybridized carbons (Fsp3) is 0.455. The zero-order valence-electron chi connectivity index (χ0n) is 9.19. The van der Waals surface area contributed by atoms with Gasteiger partial charge in [-0.05, 0) is 13.5 Å². The van der Waals surface area contributed by atoms with Crippen LogP contribution in [0.3, 0.4) is 0 Å². The van der Waals surface area contributed by atoms with Gasteiger partial charge in [0.2, 0.25) is 0 Å². The molecule has 1 fully saturated rings. The standard InChI is InChI=1S/C11H15N3O2/c1-7-2-10(15)9(4-13-7)11(16)14-5-8(3-12)6-14/h2,4,8H,3,5-6,12H2,1H3,(H,13,15). The van der Waals surface area contributed by atoms with Gasteiger partial charge in [0.25, 0.3) is 5.91 Å². The van der Waals surface area contributed by atoms with Crippen molar-refractivity contribution in [1.82, 2.24) is 9.88 Å². The normalized spacial score (nSPS) is 16.0. The molecule has 0 unspecified atom stereocenters. The maximum atomic E-state index is 11.9. The van der Waals surface area contributed by atoms with Crippen LogP contribution in [0.2, 0.25) is 0 Å². The van der Waals surface area contributed by atoms with Gasteiger partial charge < -0.3 is 15.6 Å². The number of H-pyrrole nitrogens is 1. The van der Waals surface area contributed by atoms with Crippen LogP contribution in [0.4, 0.5) is 0 Å². The Hall–Kier alpha value is -1.62. The second-order valence-electron chi connectivity index (χ2n) is 4.21. The van der Waals surface area contributed by atoms with Gasteiger partial charge in [-0.3, -0.25) is 9.59 Å². The van der Waals surface area contributed by atoms with Crippen molar-refractivity contribution in [2.45, 2.75) is 6.92 Å². The summed E-state index contributed by atoms with van der Waals surface area (Å²) < 4.78 is 0. The average molecular weight is 221 g/mol. The van der Waals surface area contributed by atoms with E-state index in [1.165, 1.54) is 12.3 Å². The number of hydrogen-bond donors (Lipinski definition) is 2. The van der Waals surface area contributed by atoms with E-state index in [0.29, 0.717) is 25.6 Å². The summed E-state index contributed by atoms with van der Waals surface area (Å²) in [5.41, 5.74) is 6.22. The highest BCUT2D eigenvalue weighted by molar-refractivity contribution is 5.94. The number of hydrogen-bond acceptors (Lipinski definition) is 3. The van der Waals surface area contributed by atoms with Crippen LogP contribution in [0, 0.1) is 12.8 Å². The molecule has 86 valence electrons. The lowest BCUT2D eigenvalue weighted by Gasteiger charge is -2.38. The van der Waals surface area contributed by atoms with E-state index >= 15 is 0 Å². The third-order valence-corrected chi connectivity index (χ3v) is 2.87. The number of nitrogens with one attached hydrogen (secondary N) is 1. The quantitative estimate of drug-likeness (QED) is 0.720. The summed E-state index contributed by atoms with van der Waals surface area (Å²) in [5.74, 6) is 0.180. The van der Waals surface area contributed by atoms with Crippen LogP contribution < -0.4 is 11.2 Å².